The monoisotopic (exact) mass is 509 g/mol. The van der Waals surface area contributed by atoms with Crippen LogP contribution in [0, 0.1) is 12.7 Å². The van der Waals surface area contributed by atoms with Gasteiger partial charge in [-0.15, -0.1) is 0 Å². The van der Waals surface area contributed by atoms with E-state index in [9.17, 15) is 19.1 Å². The lowest BCUT2D eigenvalue weighted by molar-refractivity contribution is -0.132. The van der Waals surface area contributed by atoms with E-state index in [1.54, 1.807) is 36.4 Å². The zero-order valence-corrected chi connectivity index (χ0v) is 20.7. The van der Waals surface area contributed by atoms with Crippen LogP contribution in [0.25, 0.3) is 5.76 Å². The van der Waals surface area contributed by atoms with Crippen LogP contribution in [0.5, 0.6) is 17.2 Å². The lowest BCUT2D eigenvalue weighted by Crippen LogP contribution is -2.30. The second-order valence-electron chi connectivity index (χ2n) is 8.79. The molecular formula is C31H24FNO5. The van der Waals surface area contributed by atoms with E-state index in [2.05, 4.69) is 0 Å². The maximum atomic E-state index is 14.2. The minimum absolute atomic E-state index is 0.0306. The van der Waals surface area contributed by atoms with E-state index in [1.165, 1.54) is 24.1 Å². The summed E-state index contributed by atoms with van der Waals surface area (Å²) in [4.78, 5) is 28.3. The van der Waals surface area contributed by atoms with Gasteiger partial charge in [-0.1, -0.05) is 48.5 Å². The summed E-state index contributed by atoms with van der Waals surface area (Å²) in [6.07, 6.45) is 0. The van der Waals surface area contributed by atoms with Crippen LogP contribution in [0.15, 0.2) is 103 Å². The number of ketones is 1. The number of amides is 1. The predicted molar refractivity (Wildman–Crippen MR) is 142 cm³/mol. The molecule has 38 heavy (non-hydrogen) atoms. The van der Waals surface area contributed by atoms with Crippen LogP contribution in [-0.2, 0) is 9.59 Å². The molecule has 1 heterocycles. The SMILES string of the molecule is COc1ccc(F)cc1/C(O)=C1\C(=O)C(=O)N(c2ccccc2C)C1c1cccc(Oc2ccccc2)c1. The van der Waals surface area contributed by atoms with Crippen LogP contribution in [-0.4, -0.2) is 23.9 Å². The van der Waals surface area contributed by atoms with Crippen molar-refractivity contribution in [1.29, 1.82) is 0 Å². The maximum absolute atomic E-state index is 14.2. The molecule has 0 aromatic heterocycles. The average Bonchev–Trinajstić information content (AvgIpc) is 3.19. The van der Waals surface area contributed by atoms with Gasteiger partial charge in [0.1, 0.15) is 28.8 Å². The number of aliphatic hydroxyl groups excluding tert-OH is 1. The van der Waals surface area contributed by atoms with E-state index in [-0.39, 0.29) is 16.9 Å². The Morgan fingerprint density at radius 2 is 1.58 bits per heavy atom. The molecule has 7 heteroatoms. The number of ether oxygens (including phenoxy) is 2. The highest BCUT2D eigenvalue weighted by Crippen LogP contribution is 2.44. The van der Waals surface area contributed by atoms with Gasteiger partial charge in [-0.2, -0.15) is 0 Å². The zero-order valence-electron chi connectivity index (χ0n) is 20.7. The number of para-hydroxylation sites is 2. The van der Waals surface area contributed by atoms with E-state index < -0.39 is 29.3 Å². The van der Waals surface area contributed by atoms with E-state index in [0.29, 0.717) is 22.7 Å². The summed E-state index contributed by atoms with van der Waals surface area (Å²) in [5.41, 5.74) is 1.59. The van der Waals surface area contributed by atoms with Crippen molar-refractivity contribution in [2.75, 3.05) is 12.0 Å². The smallest absolute Gasteiger partial charge is 0.300 e. The minimum atomic E-state index is -1.01. The van der Waals surface area contributed by atoms with Gasteiger partial charge in [0.15, 0.2) is 0 Å². The molecule has 1 amide bonds. The number of hydrogen-bond acceptors (Lipinski definition) is 5. The number of carbonyl (C=O) groups excluding carboxylic acids is 2. The van der Waals surface area contributed by atoms with Crippen LogP contribution in [0.1, 0.15) is 22.7 Å². The zero-order chi connectivity index (χ0) is 26.8. The van der Waals surface area contributed by atoms with Gasteiger partial charge in [-0.3, -0.25) is 14.5 Å². The van der Waals surface area contributed by atoms with E-state index in [0.717, 1.165) is 11.6 Å². The summed E-state index contributed by atoms with van der Waals surface area (Å²) in [7, 11) is 1.37. The number of carbonyl (C=O) groups is 2. The highest BCUT2D eigenvalue weighted by molar-refractivity contribution is 6.51. The first-order valence-electron chi connectivity index (χ1n) is 11.9. The molecule has 4 aromatic rings. The number of Topliss-reactive ketones (excluding diaryl/α,β-unsaturated/α-hetero) is 1. The Bertz CT molecular complexity index is 1560. The second-order valence-corrected chi connectivity index (χ2v) is 8.79. The number of rotatable bonds is 6. The molecule has 190 valence electrons. The largest absolute Gasteiger partial charge is 0.507 e. The molecule has 1 atom stereocenters. The third-order valence-corrected chi connectivity index (χ3v) is 6.39. The molecule has 0 aliphatic carbocycles. The molecule has 0 spiro atoms. The summed E-state index contributed by atoms with van der Waals surface area (Å²) in [5.74, 6) is -1.61. The Morgan fingerprint density at radius 3 is 2.32 bits per heavy atom. The van der Waals surface area contributed by atoms with Gasteiger partial charge < -0.3 is 14.6 Å². The minimum Gasteiger partial charge on any atom is -0.507 e. The van der Waals surface area contributed by atoms with E-state index >= 15 is 0 Å². The van der Waals surface area contributed by atoms with Gasteiger partial charge in [0.2, 0.25) is 0 Å². The summed E-state index contributed by atoms with van der Waals surface area (Å²) in [5, 5.41) is 11.4. The van der Waals surface area contributed by atoms with Crippen LogP contribution in [0.3, 0.4) is 0 Å². The number of hydrogen-bond donors (Lipinski definition) is 1. The second kappa shape index (κ2) is 10.2. The molecule has 1 fully saturated rings. The van der Waals surface area contributed by atoms with Crippen molar-refractivity contribution in [2.24, 2.45) is 0 Å². The topological polar surface area (TPSA) is 76.1 Å². The van der Waals surface area contributed by atoms with Gasteiger partial charge in [0.25, 0.3) is 11.7 Å². The van der Waals surface area contributed by atoms with Crippen LogP contribution in [0.2, 0.25) is 0 Å². The summed E-state index contributed by atoms with van der Waals surface area (Å²) in [6.45, 7) is 1.83. The quantitative estimate of drug-likeness (QED) is 0.181. The molecule has 1 unspecified atom stereocenters. The predicted octanol–water partition coefficient (Wildman–Crippen LogP) is 6.56. The Balaban J connectivity index is 1.72. The van der Waals surface area contributed by atoms with Gasteiger partial charge >= 0.3 is 0 Å². The number of aliphatic hydroxyl groups is 1. The first-order chi connectivity index (χ1) is 18.4. The lowest BCUT2D eigenvalue weighted by atomic mass is 9.94. The molecular weight excluding hydrogens is 485 g/mol. The summed E-state index contributed by atoms with van der Waals surface area (Å²) < 4.78 is 25.5. The third-order valence-electron chi connectivity index (χ3n) is 6.39. The van der Waals surface area contributed by atoms with Gasteiger partial charge in [0.05, 0.1) is 24.3 Å². The highest BCUT2D eigenvalue weighted by atomic mass is 19.1. The molecule has 1 saturated heterocycles. The Kier molecular flexibility index (Phi) is 6.66. The van der Waals surface area contributed by atoms with Gasteiger partial charge in [-0.05, 0) is 66.6 Å². The van der Waals surface area contributed by atoms with E-state index in [4.69, 9.17) is 9.47 Å². The first-order valence-corrected chi connectivity index (χ1v) is 11.9. The number of aryl methyl sites for hydroxylation is 1. The van der Waals surface area contributed by atoms with Crippen molar-refractivity contribution in [2.45, 2.75) is 13.0 Å². The molecule has 1 N–H and O–H groups in total. The van der Waals surface area contributed by atoms with Crippen LogP contribution in [0.4, 0.5) is 10.1 Å². The molecule has 0 radical (unpaired) electrons. The number of anilines is 1. The van der Waals surface area contributed by atoms with Crippen LogP contribution < -0.4 is 14.4 Å². The maximum Gasteiger partial charge on any atom is 0.300 e. The van der Waals surface area contributed by atoms with Crippen molar-refractivity contribution < 1.29 is 28.6 Å². The highest BCUT2D eigenvalue weighted by Gasteiger charge is 2.47. The standard InChI is InChI=1S/C31H24FNO5/c1-19-9-6-7-14-25(19)33-28(20-10-8-13-23(17-20)38-22-11-4-3-5-12-22)27(30(35)31(33)36)29(34)24-18-21(32)15-16-26(24)37-2/h3-18,28,34H,1-2H3/b29-27+. The molecule has 0 saturated carbocycles. The average molecular weight is 510 g/mol. The van der Waals surface area contributed by atoms with Crippen molar-refractivity contribution in [1.82, 2.24) is 0 Å². The number of halogens is 1. The van der Waals surface area contributed by atoms with Crippen molar-refractivity contribution in [3.63, 3.8) is 0 Å². The Hall–Kier alpha value is -4.91. The van der Waals surface area contributed by atoms with Crippen molar-refractivity contribution >= 4 is 23.1 Å². The third kappa shape index (κ3) is 4.50. The number of methoxy groups -OCH3 is 1. The summed E-state index contributed by atoms with van der Waals surface area (Å²) >= 11 is 0. The fraction of sp³-hybridized carbons (Fsp3) is 0.0968. The molecule has 6 nitrogen and oxygen atoms in total. The Labute approximate surface area is 219 Å². The van der Waals surface area contributed by atoms with Gasteiger partial charge in [0, 0.05) is 5.69 Å². The lowest BCUT2D eigenvalue weighted by Gasteiger charge is -2.27. The molecule has 4 aromatic carbocycles. The van der Waals surface area contributed by atoms with Crippen molar-refractivity contribution in [3.8, 4) is 17.2 Å². The first kappa shape index (κ1) is 24.8. The number of benzene rings is 4. The van der Waals surface area contributed by atoms with E-state index in [1.807, 2.05) is 49.4 Å². The fourth-order valence-electron chi connectivity index (χ4n) is 4.61. The fourth-order valence-corrected chi connectivity index (χ4v) is 4.61. The summed E-state index contributed by atoms with van der Waals surface area (Å²) in [6, 6.07) is 25.9. The number of nitrogens with zero attached hydrogens (tertiary/aromatic N) is 1. The molecule has 1 aliphatic rings. The van der Waals surface area contributed by atoms with Crippen molar-refractivity contribution in [3.05, 3.63) is 125 Å². The van der Waals surface area contributed by atoms with Crippen LogP contribution >= 0.6 is 0 Å². The van der Waals surface area contributed by atoms with Gasteiger partial charge in [-0.25, -0.2) is 4.39 Å². The molecule has 5 rings (SSSR count). The molecule has 1 aliphatic heterocycles. The molecule has 0 bridgehead atoms. The Morgan fingerprint density at radius 1 is 0.868 bits per heavy atom. The normalized spacial score (nSPS) is 16.5.